The van der Waals surface area contributed by atoms with E-state index in [2.05, 4.69) is 31.2 Å². The molecule has 0 aromatic heterocycles. The lowest BCUT2D eigenvalue weighted by molar-refractivity contribution is 0.157. The summed E-state index contributed by atoms with van der Waals surface area (Å²) in [6.45, 7) is 3.09. The van der Waals surface area contributed by atoms with Crippen molar-refractivity contribution >= 4 is 0 Å². The van der Waals surface area contributed by atoms with Crippen molar-refractivity contribution in [1.29, 1.82) is 0 Å². The Morgan fingerprint density at radius 2 is 1.53 bits per heavy atom. The normalized spacial score (nSPS) is 27.4. The number of halogens is 1. The zero-order valence-electron chi connectivity index (χ0n) is 19.2. The molecule has 168 valence electrons. The van der Waals surface area contributed by atoms with Crippen molar-refractivity contribution in [2.24, 2.45) is 17.8 Å². The van der Waals surface area contributed by atoms with Crippen LogP contribution in [0.15, 0.2) is 36.7 Å². The standard InChI is InChI=1S/C28H43FO/c1-2-3-4-7-22-30-28-19-17-27(18-20-28)26-15-13-25(14-16-26)24-11-9-23(10-12-24)8-5-6-21-29/h6,17-21,23-26H,2-5,7-16,22H2,1H3/t23-,24-,25-,26-. The van der Waals surface area contributed by atoms with Crippen molar-refractivity contribution in [2.75, 3.05) is 6.61 Å². The summed E-state index contributed by atoms with van der Waals surface area (Å²) in [5.74, 6) is 4.49. The molecular weight excluding hydrogens is 371 g/mol. The van der Waals surface area contributed by atoms with E-state index in [1.54, 1.807) is 6.08 Å². The number of ether oxygens (including phenoxy) is 1. The average Bonchev–Trinajstić information content (AvgIpc) is 2.80. The van der Waals surface area contributed by atoms with Crippen LogP contribution in [0, 0.1) is 17.8 Å². The van der Waals surface area contributed by atoms with Gasteiger partial charge in [0.25, 0.3) is 0 Å². The van der Waals surface area contributed by atoms with Crippen LogP contribution in [0.4, 0.5) is 4.39 Å². The molecule has 0 heterocycles. The van der Waals surface area contributed by atoms with Crippen molar-refractivity contribution in [1.82, 2.24) is 0 Å². The molecule has 0 amide bonds. The minimum Gasteiger partial charge on any atom is -0.494 e. The molecule has 0 atom stereocenters. The van der Waals surface area contributed by atoms with Crippen molar-refractivity contribution < 1.29 is 9.13 Å². The Hall–Kier alpha value is -1.31. The van der Waals surface area contributed by atoms with Crippen molar-refractivity contribution in [3.8, 4) is 5.75 Å². The van der Waals surface area contributed by atoms with Crippen molar-refractivity contribution in [2.45, 2.75) is 103 Å². The summed E-state index contributed by atoms with van der Waals surface area (Å²) in [5.41, 5.74) is 1.51. The van der Waals surface area contributed by atoms with Gasteiger partial charge in [-0.25, -0.2) is 4.39 Å². The lowest BCUT2D eigenvalue weighted by Crippen LogP contribution is -2.25. The fourth-order valence-corrected chi connectivity index (χ4v) is 5.82. The molecule has 0 N–H and O–H groups in total. The number of unbranched alkanes of at least 4 members (excludes halogenated alkanes) is 3. The molecule has 2 fully saturated rings. The number of hydrogen-bond acceptors (Lipinski definition) is 1. The highest BCUT2D eigenvalue weighted by Gasteiger charge is 2.31. The Morgan fingerprint density at radius 3 is 2.17 bits per heavy atom. The van der Waals surface area contributed by atoms with Gasteiger partial charge in [-0.05, 0) is 99.2 Å². The first kappa shape index (κ1) is 23.4. The summed E-state index contributed by atoms with van der Waals surface area (Å²) < 4.78 is 18.0. The van der Waals surface area contributed by atoms with E-state index in [0.29, 0.717) is 6.33 Å². The molecule has 0 bridgehead atoms. The summed E-state index contributed by atoms with van der Waals surface area (Å²) in [7, 11) is 0. The first-order chi connectivity index (χ1) is 14.8. The van der Waals surface area contributed by atoms with Crippen LogP contribution in [0.1, 0.15) is 108 Å². The highest BCUT2D eigenvalue weighted by atomic mass is 19.1. The predicted octanol–water partition coefficient (Wildman–Crippen LogP) is 8.99. The van der Waals surface area contributed by atoms with Crippen LogP contribution in [-0.2, 0) is 0 Å². The molecule has 2 aliphatic carbocycles. The minimum absolute atomic E-state index is 0.708. The highest BCUT2D eigenvalue weighted by molar-refractivity contribution is 5.29. The molecular formula is C28H43FO. The molecule has 0 radical (unpaired) electrons. The molecule has 1 aromatic carbocycles. The van der Waals surface area contributed by atoms with E-state index in [-0.39, 0.29) is 0 Å². The zero-order chi connectivity index (χ0) is 21.0. The molecule has 2 saturated carbocycles. The van der Waals surface area contributed by atoms with Gasteiger partial charge in [0.1, 0.15) is 5.75 Å². The van der Waals surface area contributed by atoms with Gasteiger partial charge in [-0.2, -0.15) is 0 Å². The molecule has 0 spiro atoms. The van der Waals surface area contributed by atoms with E-state index in [9.17, 15) is 4.39 Å². The molecule has 3 rings (SSSR count). The minimum atomic E-state index is 0.708. The van der Waals surface area contributed by atoms with Gasteiger partial charge in [-0.3, -0.25) is 0 Å². The lowest BCUT2D eigenvalue weighted by atomic mass is 9.68. The first-order valence-corrected chi connectivity index (χ1v) is 12.8. The third kappa shape index (κ3) is 7.43. The predicted molar refractivity (Wildman–Crippen MR) is 126 cm³/mol. The Kier molecular flexibility index (Phi) is 10.3. The molecule has 30 heavy (non-hydrogen) atoms. The highest BCUT2D eigenvalue weighted by Crippen LogP contribution is 2.44. The second kappa shape index (κ2) is 13.2. The van der Waals surface area contributed by atoms with Gasteiger partial charge in [-0.1, -0.05) is 57.2 Å². The van der Waals surface area contributed by atoms with E-state index in [1.165, 1.54) is 82.6 Å². The van der Waals surface area contributed by atoms with Gasteiger partial charge in [0.05, 0.1) is 12.9 Å². The number of benzene rings is 1. The van der Waals surface area contributed by atoms with Crippen molar-refractivity contribution in [3.63, 3.8) is 0 Å². The number of hydrogen-bond donors (Lipinski definition) is 0. The Balaban J connectivity index is 1.35. The van der Waals surface area contributed by atoms with Gasteiger partial charge in [0, 0.05) is 0 Å². The van der Waals surface area contributed by atoms with E-state index in [0.717, 1.165) is 48.9 Å². The van der Waals surface area contributed by atoms with Gasteiger partial charge in [0.2, 0.25) is 0 Å². The van der Waals surface area contributed by atoms with Crippen LogP contribution in [-0.4, -0.2) is 6.61 Å². The lowest BCUT2D eigenvalue weighted by Gasteiger charge is -2.38. The Labute approximate surface area is 184 Å². The van der Waals surface area contributed by atoms with E-state index in [1.807, 2.05) is 0 Å². The third-order valence-electron chi connectivity index (χ3n) is 7.78. The molecule has 0 unspecified atom stereocenters. The van der Waals surface area contributed by atoms with E-state index < -0.39 is 0 Å². The number of rotatable bonds is 11. The van der Waals surface area contributed by atoms with Gasteiger partial charge >= 0.3 is 0 Å². The summed E-state index contributed by atoms with van der Waals surface area (Å²) in [6.07, 6.45) is 20.6. The van der Waals surface area contributed by atoms with E-state index in [4.69, 9.17) is 4.74 Å². The van der Waals surface area contributed by atoms with Crippen LogP contribution in [0.5, 0.6) is 5.75 Å². The van der Waals surface area contributed by atoms with Crippen LogP contribution in [0.3, 0.4) is 0 Å². The third-order valence-corrected chi connectivity index (χ3v) is 7.78. The Morgan fingerprint density at radius 1 is 0.867 bits per heavy atom. The molecule has 2 heteroatoms. The molecule has 1 aromatic rings. The molecule has 1 nitrogen and oxygen atoms in total. The largest absolute Gasteiger partial charge is 0.494 e. The topological polar surface area (TPSA) is 9.23 Å². The summed E-state index contributed by atoms with van der Waals surface area (Å²) in [4.78, 5) is 0. The summed E-state index contributed by atoms with van der Waals surface area (Å²) in [6, 6.07) is 8.98. The van der Waals surface area contributed by atoms with Crippen LogP contribution in [0.2, 0.25) is 0 Å². The Bertz CT molecular complexity index is 592. The fourth-order valence-electron chi connectivity index (χ4n) is 5.82. The van der Waals surface area contributed by atoms with Crippen molar-refractivity contribution in [3.05, 3.63) is 42.2 Å². The molecule has 2 aliphatic rings. The van der Waals surface area contributed by atoms with Crippen LogP contribution >= 0.6 is 0 Å². The molecule has 0 aliphatic heterocycles. The quantitative estimate of drug-likeness (QED) is 0.328. The van der Waals surface area contributed by atoms with Gasteiger partial charge < -0.3 is 4.74 Å². The monoisotopic (exact) mass is 414 g/mol. The summed E-state index contributed by atoms with van der Waals surface area (Å²) >= 11 is 0. The molecule has 0 saturated heterocycles. The van der Waals surface area contributed by atoms with Gasteiger partial charge in [-0.15, -0.1) is 0 Å². The SMILES string of the molecule is CCCCCCOc1ccc([C@H]2CC[C@H]([C@H]3CC[C@H](CCC=CF)CC3)CC2)cc1. The second-order valence-electron chi connectivity index (χ2n) is 9.81. The maximum absolute atomic E-state index is 12.1. The second-order valence-corrected chi connectivity index (χ2v) is 9.81. The smallest absolute Gasteiger partial charge is 0.119 e. The summed E-state index contributed by atoms with van der Waals surface area (Å²) in [5, 5.41) is 0. The number of allylic oxidation sites excluding steroid dienone is 1. The fraction of sp³-hybridized carbons (Fsp3) is 0.714. The maximum atomic E-state index is 12.1. The van der Waals surface area contributed by atoms with Crippen LogP contribution in [0.25, 0.3) is 0 Å². The first-order valence-electron chi connectivity index (χ1n) is 12.8. The van der Waals surface area contributed by atoms with Crippen LogP contribution < -0.4 is 4.74 Å². The zero-order valence-corrected chi connectivity index (χ0v) is 19.2. The van der Waals surface area contributed by atoms with Gasteiger partial charge in [0.15, 0.2) is 0 Å². The average molecular weight is 415 g/mol. The maximum Gasteiger partial charge on any atom is 0.119 e. The van der Waals surface area contributed by atoms with E-state index >= 15 is 0 Å².